The van der Waals surface area contributed by atoms with Crippen LogP contribution in [0.2, 0.25) is 0 Å². The highest BCUT2D eigenvalue weighted by atomic mass is 79.9. The summed E-state index contributed by atoms with van der Waals surface area (Å²) in [6.07, 6.45) is 0.960. The van der Waals surface area contributed by atoms with Crippen LogP contribution in [-0.2, 0) is 6.42 Å². The maximum Gasteiger partial charge on any atom is 0.0178 e. The molecule has 0 aliphatic heterocycles. The monoisotopic (exact) mass is 259 g/mol. The predicted octanol–water partition coefficient (Wildman–Crippen LogP) is 3.06. The zero-order valence-corrected chi connectivity index (χ0v) is 10.1. The number of hydrogen-bond acceptors (Lipinski definition) is 2. The molecule has 0 saturated carbocycles. The Kier molecular flexibility index (Phi) is 4.84. The molecule has 72 valence electrons. The van der Waals surface area contributed by atoms with Crippen LogP contribution >= 0.6 is 27.7 Å². The van der Waals surface area contributed by atoms with Crippen LogP contribution in [0.5, 0.6) is 0 Å². The summed E-state index contributed by atoms with van der Waals surface area (Å²) in [6, 6.07) is 6.39. The Hall–Kier alpha value is 0.01000. The lowest BCUT2D eigenvalue weighted by molar-refractivity contribution is 0.943. The van der Waals surface area contributed by atoms with E-state index in [0.717, 1.165) is 16.6 Å². The summed E-state index contributed by atoms with van der Waals surface area (Å²) in [4.78, 5) is 1.36. The summed E-state index contributed by atoms with van der Waals surface area (Å²) in [6.45, 7) is 2.88. The maximum absolute atomic E-state index is 5.55. The molecule has 13 heavy (non-hydrogen) atoms. The number of nitrogens with two attached hydrogens (primary N) is 1. The van der Waals surface area contributed by atoms with E-state index >= 15 is 0 Å². The molecule has 0 saturated heterocycles. The van der Waals surface area contributed by atoms with E-state index in [2.05, 4.69) is 41.1 Å². The summed E-state index contributed by atoms with van der Waals surface area (Å²) >= 11 is 5.34. The van der Waals surface area contributed by atoms with Crippen LogP contribution in [0.15, 0.2) is 27.6 Å². The summed E-state index contributed by atoms with van der Waals surface area (Å²) < 4.78 is 1.14. The van der Waals surface area contributed by atoms with Crippen molar-refractivity contribution in [2.24, 2.45) is 5.73 Å². The first kappa shape index (κ1) is 11.1. The van der Waals surface area contributed by atoms with Gasteiger partial charge in [0.15, 0.2) is 0 Å². The van der Waals surface area contributed by atoms with Gasteiger partial charge >= 0.3 is 0 Å². The molecule has 1 aromatic rings. The normalized spacial score (nSPS) is 10.4. The second kappa shape index (κ2) is 5.68. The van der Waals surface area contributed by atoms with Crippen LogP contribution < -0.4 is 5.73 Å². The third kappa shape index (κ3) is 3.33. The van der Waals surface area contributed by atoms with Crippen LogP contribution in [0.3, 0.4) is 0 Å². The molecule has 1 rings (SSSR count). The van der Waals surface area contributed by atoms with Gasteiger partial charge in [-0.3, -0.25) is 0 Å². The number of rotatable bonds is 4. The number of benzene rings is 1. The molecule has 0 atom stereocenters. The van der Waals surface area contributed by atoms with Crippen molar-refractivity contribution in [2.45, 2.75) is 18.2 Å². The van der Waals surface area contributed by atoms with Crippen molar-refractivity contribution in [3.63, 3.8) is 0 Å². The van der Waals surface area contributed by atoms with Gasteiger partial charge in [-0.1, -0.05) is 22.9 Å². The molecule has 0 bridgehead atoms. The minimum absolute atomic E-state index is 0.716. The molecular formula is C10H14BrNS. The van der Waals surface area contributed by atoms with Gasteiger partial charge in [-0.05, 0) is 42.5 Å². The van der Waals surface area contributed by atoms with Crippen LogP contribution in [0, 0.1) is 0 Å². The number of hydrogen-bond donors (Lipinski definition) is 1. The van der Waals surface area contributed by atoms with E-state index in [1.54, 1.807) is 0 Å². The van der Waals surface area contributed by atoms with Gasteiger partial charge < -0.3 is 5.73 Å². The zero-order chi connectivity index (χ0) is 9.68. The Morgan fingerprint density at radius 2 is 2.23 bits per heavy atom. The zero-order valence-electron chi connectivity index (χ0n) is 7.72. The summed E-state index contributed by atoms with van der Waals surface area (Å²) in [5.74, 6) is 1.11. The molecule has 0 unspecified atom stereocenters. The highest BCUT2D eigenvalue weighted by Crippen LogP contribution is 2.25. The number of halogens is 1. The Bertz CT molecular complexity index is 276. The SMILES string of the molecule is CCSc1ccc(Br)cc1CCN. The van der Waals surface area contributed by atoms with Crippen molar-refractivity contribution in [3.05, 3.63) is 28.2 Å². The third-order valence-electron chi connectivity index (χ3n) is 1.74. The average molecular weight is 260 g/mol. The smallest absolute Gasteiger partial charge is 0.0178 e. The van der Waals surface area contributed by atoms with Gasteiger partial charge in [0.05, 0.1) is 0 Å². The minimum atomic E-state index is 0.716. The fraction of sp³-hybridized carbons (Fsp3) is 0.400. The summed E-state index contributed by atoms with van der Waals surface area (Å²) in [5, 5.41) is 0. The second-order valence-electron chi connectivity index (χ2n) is 2.72. The molecule has 0 aliphatic carbocycles. The summed E-state index contributed by atoms with van der Waals surface area (Å²) in [5.41, 5.74) is 6.90. The Morgan fingerprint density at radius 1 is 1.46 bits per heavy atom. The van der Waals surface area contributed by atoms with E-state index in [4.69, 9.17) is 5.73 Å². The molecule has 0 aromatic heterocycles. The van der Waals surface area contributed by atoms with Crippen LogP contribution in [0.4, 0.5) is 0 Å². The molecule has 2 N–H and O–H groups in total. The van der Waals surface area contributed by atoms with Crippen molar-refractivity contribution in [1.29, 1.82) is 0 Å². The number of thioether (sulfide) groups is 1. The molecular weight excluding hydrogens is 246 g/mol. The van der Waals surface area contributed by atoms with Crippen molar-refractivity contribution >= 4 is 27.7 Å². The highest BCUT2D eigenvalue weighted by Gasteiger charge is 2.01. The lowest BCUT2D eigenvalue weighted by Crippen LogP contribution is -2.03. The highest BCUT2D eigenvalue weighted by molar-refractivity contribution is 9.10. The third-order valence-corrected chi connectivity index (χ3v) is 3.23. The van der Waals surface area contributed by atoms with Gasteiger partial charge in [-0.25, -0.2) is 0 Å². The molecule has 0 spiro atoms. The van der Waals surface area contributed by atoms with E-state index in [1.807, 2.05) is 11.8 Å². The first-order chi connectivity index (χ1) is 6.27. The molecule has 1 nitrogen and oxygen atoms in total. The fourth-order valence-corrected chi connectivity index (χ4v) is 2.43. The van der Waals surface area contributed by atoms with Gasteiger partial charge in [0.25, 0.3) is 0 Å². The topological polar surface area (TPSA) is 26.0 Å². The van der Waals surface area contributed by atoms with E-state index in [1.165, 1.54) is 10.5 Å². The largest absolute Gasteiger partial charge is 0.330 e. The first-order valence-electron chi connectivity index (χ1n) is 4.39. The minimum Gasteiger partial charge on any atom is -0.330 e. The predicted molar refractivity (Wildman–Crippen MR) is 63.3 cm³/mol. The van der Waals surface area contributed by atoms with Crippen molar-refractivity contribution < 1.29 is 0 Å². The van der Waals surface area contributed by atoms with E-state index in [0.29, 0.717) is 6.54 Å². The first-order valence-corrected chi connectivity index (χ1v) is 6.17. The fourth-order valence-electron chi connectivity index (χ4n) is 1.20. The van der Waals surface area contributed by atoms with E-state index < -0.39 is 0 Å². The van der Waals surface area contributed by atoms with Gasteiger partial charge in [0, 0.05) is 9.37 Å². The van der Waals surface area contributed by atoms with Crippen molar-refractivity contribution in [3.8, 4) is 0 Å². The molecule has 0 heterocycles. The summed E-state index contributed by atoms with van der Waals surface area (Å²) in [7, 11) is 0. The quantitative estimate of drug-likeness (QED) is 0.842. The van der Waals surface area contributed by atoms with Gasteiger partial charge in [0.2, 0.25) is 0 Å². The van der Waals surface area contributed by atoms with Crippen LogP contribution in [-0.4, -0.2) is 12.3 Å². The van der Waals surface area contributed by atoms with E-state index in [-0.39, 0.29) is 0 Å². The standard InChI is InChI=1S/C10H14BrNS/c1-2-13-10-4-3-9(11)7-8(10)5-6-12/h3-4,7H,2,5-6,12H2,1H3. The van der Waals surface area contributed by atoms with Crippen LogP contribution in [0.1, 0.15) is 12.5 Å². The Labute approximate surface area is 92.2 Å². The lowest BCUT2D eigenvalue weighted by atomic mass is 10.1. The van der Waals surface area contributed by atoms with Gasteiger partial charge in [-0.15, -0.1) is 11.8 Å². The van der Waals surface area contributed by atoms with Crippen LogP contribution in [0.25, 0.3) is 0 Å². The van der Waals surface area contributed by atoms with Crippen molar-refractivity contribution in [1.82, 2.24) is 0 Å². The Balaban J connectivity index is 2.89. The average Bonchev–Trinajstić information content (AvgIpc) is 2.10. The molecule has 0 fully saturated rings. The molecule has 3 heteroatoms. The molecule has 0 amide bonds. The van der Waals surface area contributed by atoms with E-state index in [9.17, 15) is 0 Å². The Morgan fingerprint density at radius 3 is 2.85 bits per heavy atom. The van der Waals surface area contributed by atoms with Gasteiger partial charge in [0.1, 0.15) is 0 Å². The van der Waals surface area contributed by atoms with Crippen molar-refractivity contribution in [2.75, 3.05) is 12.3 Å². The molecule has 0 radical (unpaired) electrons. The van der Waals surface area contributed by atoms with Gasteiger partial charge in [-0.2, -0.15) is 0 Å². The molecule has 1 aromatic carbocycles. The molecule has 0 aliphatic rings. The second-order valence-corrected chi connectivity index (χ2v) is 4.95. The lowest BCUT2D eigenvalue weighted by Gasteiger charge is -2.07. The maximum atomic E-state index is 5.55.